The molecule has 0 radical (unpaired) electrons. The van der Waals surface area contributed by atoms with Crippen LogP contribution in [0.5, 0.6) is 17.2 Å². The van der Waals surface area contributed by atoms with Gasteiger partial charge in [0, 0.05) is 35.8 Å². The summed E-state index contributed by atoms with van der Waals surface area (Å²) in [4.78, 5) is 13.1. The highest BCUT2D eigenvalue weighted by atomic mass is 35.5. The third-order valence-corrected chi connectivity index (χ3v) is 7.18. The minimum Gasteiger partial charge on any atom is -0.497 e. The van der Waals surface area contributed by atoms with E-state index in [4.69, 9.17) is 25.8 Å². The standard InChI is InChI=1S/C24H25ClN2O6S/c1-27(34(29,30)20-9-6-18(25)7-10-20)15-17-13-16(5-12-22(17)32-3)24(28)26-21-11-8-19(31-2)14-23(21)33-4/h5-14H,15H2,1-4H3,(H,26,28). The highest BCUT2D eigenvalue weighted by Gasteiger charge is 2.23. The van der Waals surface area contributed by atoms with Gasteiger partial charge in [-0.15, -0.1) is 0 Å². The number of carbonyl (C=O) groups excluding carboxylic acids is 1. The number of benzene rings is 3. The molecule has 10 heteroatoms. The van der Waals surface area contributed by atoms with Gasteiger partial charge >= 0.3 is 0 Å². The molecule has 8 nitrogen and oxygen atoms in total. The Bertz CT molecular complexity index is 1280. The predicted molar refractivity (Wildman–Crippen MR) is 131 cm³/mol. The van der Waals surface area contributed by atoms with E-state index < -0.39 is 15.9 Å². The zero-order chi connectivity index (χ0) is 24.9. The van der Waals surface area contributed by atoms with Crippen LogP contribution >= 0.6 is 11.6 Å². The normalized spacial score (nSPS) is 11.2. The van der Waals surface area contributed by atoms with Crippen LogP contribution in [-0.2, 0) is 16.6 Å². The molecule has 1 amide bonds. The van der Waals surface area contributed by atoms with Gasteiger partial charge in [-0.2, -0.15) is 4.31 Å². The highest BCUT2D eigenvalue weighted by molar-refractivity contribution is 7.89. The van der Waals surface area contributed by atoms with Gasteiger partial charge in [-0.1, -0.05) is 11.6 Å². The summed E-state index contributed by atoms with van der Waals surface area (Å²) in [5, 5.41) is 3.24. The number of sulfonamides is 1. The lowest BCUT2D eigenvalue weighted by molar-refractivity contribution is 0.102. The number of hydrogen-bond acceptors (Lipinski definition) is 6. The summed E-state index contributed by atoms with van der Waals surface area (Å²) in [6, 6.07) is 15.8. The Morgan fingerprint density at radius 3 is 2.21 bits per heavy atom. The summed E-state index contributed by atoms with van der Waals surface area (Å²) < 4.78 is 43.0. The number of rotatable bonds is 9. The molecule has 0 aliphatic heterocycles. The molecule has 0 atom stereocenters. The number of ether oxygens (including phenoxy) is 3. The molecule has 0 saturated heterocycles. The number of hydrogen-bond donors (Lipinski definition) is 1. The van der Waals surface area contributed by atoms with E-state index in [0.717, 1.165) is 0 Å². The van der Waals surface area contributed by atoms with Crippen molar-refractivity contribution in [2.24, 2.45) is 0 Å². The number of halogens is 1. The lowest BCUT2D eigenvalue weighted by Crippen LogP contribution is -2.27. The molecule has 0 heterocycles. The Hall–Kier alpha value is -3.27. The predicted octanol–water partition coefficient (Wildman–Crippen LogP) is 4.44. The summed E-state index contributed by atoms with van der Waals surface area (Å²) in [6.07, 6.45) is 0. The maximum atomic E-state index is 13.0. The molecular weight excluding hydrogens is 480 g/mol. The fraction of sp³-hybridized carbons (Fsp3) is 0.208. The van der Waals surface area contributed by atoms with E-state index in [9.17, 15) is 13.2 Å². The Balaban J connectivity index is 1.85. The molecule has 0 saturated carbocycles. The van der Waals surface area contributed by atoms with E-state index in [1.54, 1.807) is 36.4 Å². The number of amides is 1. The van der Waals surface area contributed by atoms with Crippen molar-refractivity contribution in [1.82, 2.24) is 4.31 Å². The molecule has 0 bridgehead atoms. The van der Waals surface area contributed by atoms with Crippen LogP contribution in [0.15, 0.2) is 65.6 Å². The van der Waals surface area contributed by atoms with Crippen LogP contribution in [0.3, 0.4) is 0 Å². The molecular formula is C24H25ClN2O6S. The summed E-state index contributed by atoms with van der Waals surface area (Å²) in [5.74, 6) is 1.09. The number of nitrogens with zero attached hydrogens (tertiary/aromatic N) is 1. The number of anilines is 1. The zero-order valence-corrected chi connectivity index (χ0v) is 20.7. The summed E-state index contributed by atoms with van der Waals surface area (Å²) in [5.41, 5.74) is 1.32. The molecule has 0 aliphatic carbocycles. The van der Waals surface area contributed by atoms with Gasteiger partial charge in [-0.25, -0.2) is 8.42 Å². The lowest BCUT2D eigenvalue weighted by Gasteiger charge is -2.19. The van der Waals surface area contributed by atoms with E-state index in [1.165, 1.54) is 56.9 Å². The van der Waals surface area contributed by atoms with Gasteiger partial charge in [-0.3, -0.25) is 4.79 Å². The van der Waals surface area contributed by atoms with Gasteiger partial charge in [0.15, 0.2) is 0 Å². The van der Waals surface area contributed by atoms with E-state index in [0.29, 0.717) is 39.1 Å². The van der Waals surface area contributed by atoms with E-state index in [1.807, 2.05) is 0 Å². The van der Waals surface area contributed by atoms with Gasteiger partial charge in [0.2, 0.25) is 10.0 Å². The molecule has 0 aliphatic rings. The average Bonchev–Trinajstić information content (AvgIpc) is 2.84. The third kappa shape index (κ3) is 5.61. The van der Waals surface area contributed by atoms with Crippen molar-refractivity contribution in [2.75, 3.05) is 33.7 Å². The largest absolute Gasteiger partial charge is 0.497 e. The Morgan fingerprint density at radius 1 is 0.912 bits per heavy atom. The maximum Gasteiger partial charge on any atom is 0.255 e. The molecule has 3 aromatic carbocycles. The first kappa shape index (κ1) is 25.4. The number of nitrogens with one attached hydrogen (secondary N) is 1. The van der Waals surface area contributed by atoms with E-state index in [-0.39, 0.29) is 11.4 Å². The Kier molecular flexibility index (Phi) is 8.03. The summed E-state index contributed by atoms with van der Waals surface area (Å²) in [6.45, 7) is -0.0128. The van der Waals surface area contributed by atoms with Crippen molar-refractivity contribution in [3.05, 3.63) is 76.8 Å². The van der Waals surface area contributed by atoms with Crippen LogP contribution in [0.25, 0.3) is 0 Å². The van der Waals surface area contributed by atoms with Crippen molar-refractivity contribution in [3.63, 3.8) is 0 Å². The fourth-order valence-electron chi connectivity index (χ4n) is 3.25. The van der Waals surface area contributed by atoms with Crippen molar-refractivity contribution in [3.8, 4) is 17.2 Å². The van der Waals surface area contributed by atoms with Gasteiger partial charge in [0.25, 0.3) is 5.91 Å². The molecule has 180 valence electrons. The highest BCUT2D eigenvalue weighted by Crippen LogP contribution is 2.30. The number of methoxy groups -OCH3 is 3. The molecule has 3 aromatic rings. The first-order valence-electron chi connectivity index (χ1n) is 10.1. The smallest absolute Gasteiger partial charge is 0.255 e. The Morgan fingerprint density at radius 2 is 1.59 bits per heavy atom. The maximum absolute atomic E-state index is 13.0. The van der Waals surface area contributed by atoms with Gasteiger partial charge in [0.1, 0.15) is 17.2 Å². The Labute approximate surface area is 204 Å². The minimum atomic E-state index is -3.79. The molecule has 0 aromatic heterocycles. The second kappa shape index (κ2) is 10.8. The molecule has 0 unspecified atom stereocenters. The van der Waals surface area contributed by atoms with Crippen LogP contribution in [0.1, 0.15) is 15.9 Å². The molecule has 0 fully saturated rings. The van der Waals surface area contributed by atoms with Crippen LogP contribution in [0.2, 0.25) is 5.02 Å². The molecule has 34 heavy (non-hydrogen) atoms. The molecule has 1 N–H and O–H groups in total. The first-order valence-corrected chi connectivity index (χ1v) is 11.9. The van der Waals surface area contributed by atoms with E-state index >= 15 is 0 Å². The second-order valence-corrected chi connectivity index (χ2v) is 9.74. The zero-order valence-electron chi connectivity index (χ0n) is 19.2. The molecule has 0 spiro atoms. The van der Waals surface area contributed by atoms with Crippen LogP contribution in [0, 0.1) is 0 Å². The van der Waals surface area contributed by atoms with Gasteiger partial charge in [0.05, 0.1) is 31.9 Å². The van der Waals surface area contributed by atoms with E-state index in [2.05, 4.69) is 5.32 Å². The van der Waals surface area contributed by atoms with Crippen LogP contribution < -0.4 is 19.5 Å². The van der Waals surface area contributed by atoms with Gasteiger partial charge < -0.3 is 19.5 Å². The first-order chi connectivity index (χ1) is 16.2. The quantitative estimate of drug-likeness (QED) is 0.463. The van der Waals surface area contributed by atoms with Crippen LogP contribution in [-0.4, -0.2) is 47.0 Å². The monoisotopic (exact) mass is 504 g/mol. The SMILES string of the molecule is COc1ccc(NC(=O)c2ccc(OC)c(CN(C)S(=O)(=O)c3ccc(Cl)cc3)c2)c(OC)c1. The van der Waals surface area contributed by atoms with Crippen molar-refractivity contribution < 1.29 is 27.4 Å². The number of carbonyl (C=O) groups is 1. The second-order valence-electron chi connectivity index (χ2n) is 7.26. The van der Waals surface area contributed by atoms with Crippen LogP contribution in [0.4, 0.5) is 5.69 Å². The third-order valence-electron chi connectivity index (χ3n) is 5.11. The minimum absolute atomic E-state index is 0.0128. The van der Waals surface area contributed by atoms with Crippen molar-refractivity contribution in [1.29, 1.82) is 0 Å². The summed E-state index contributed by atoms with van der Waals surface area (Å²) >= 11 is 5.87. The lowest BCUT2D eigenvalue weighted by atomic mass is 10.1. The average molecular weight is 505 g/mol. The topological polar surface area (TPSA) is 94.2 Å². The summed E-state index contributed by atoms with van der Waals surface area (Å²) in [7, 11) is 2.18. The fourth-order valence-corrected chi connectivity index (χ4v) is 4.53. The van der Waals surface area contributed by atoms with Crippen molar-refractivity contribution >= 4 is 33.2 Å². The van der Waals surface area contributed by atoms with Crippen molar-refractivity contribution in [2.45, 2.75) is 11.4 Å². The molecule has 3 rings (SSSR count). The van der Waals surface area contributed by atoms with Gasteiger partial charge in [-0.05, 0) is 54.6 Å².